The highest BCUT2D eigenvalue weighted by atomic mass is 16.5. The normalized spacial score (nSPS) is 18.6. The van der Waals surface area contributed by atoms with Gasteiger partial charge in [0.15, 0.2) is 0 Å². The van der Waals surface area contributed by atoms with Gasteiger partial charge in [0.1, 0.15) is 0 Å². The molecule has 2 amide bonds. The fourth-order valence-electron chi connectivity index (χ4n) is 4.08. The summed E-state index contributed by atoms with van der Waals surface area (Å²) in [7, 11) is 1.68. The van der Waals surface area contributed by atoms with Gasteiger partial charge in [-0.25, -0.2) is 0 Å². The first kappa shape index (κ1) is 21.7. The van der Waals surface area contributed by atoms with Gasteiger partial charge in [-0.1, -0.05) is 24.3 Å². The van der Waals surface area contributed by atoms with E-state index in [0.717, 1.165) is 69.7 Å². The molecule has 2 aliphatic heterocycles. The number of rotatable bonds is 8. The van der Waals surface area contributed by atoms with Crippen LogP contribution < -0.4 is 5.32 Å². The lowest BCUT2D eigenvalue weighted by Gasteiger charge is -2.23. The van der Waals surface area contributed by atoms with E-state index in [1.165, 1.54) is 0 Å². The molecule has 2 fully saturated rings. The van der Waals surface area contributed by atoms with Gasteiger partial charge in [0.2, 0.25) is 11.8 Å². The Kier molecular flexibility index (Phi) is 8.46. The molecule has 1 N–H and O–H groups in total. The van der Waals surface area contributed by atoms with Crippen LogP contribution in [0.25, 0.3) is 0 Å². The predicted octanol–water partition coefficient (Wildman–Crippen LogP) is 1.08. The highest BCUT2D eigenvalue weighted by Gasteiger charge is 2.23. The number of amides is 2. The molecule has 0 aliphatic carbocycles. The standard InChI is InChI=1S/C22H34N4O3/c1-29-18-20-8-3-2-7-19(20)15-23-21(27)16-24-9-6-10-25(14-13-24)17-22(28)26-11-4-5-12-26/h2-3,7-8H,4-6,9-18H2,1H3,(H,23,27). The second-order valence-electron chi connectivity index (χ2n) is 7.97. The molecule has 7 heteroatoms. The van der Waals surface area contributed by atoms with E-state index in [2.05, 4.69) is 15.1 Å². The molecule has 3 rings (SSSR count). The second-order valence-corrected chi connectivity index (χ2v) is 7.97. The molecule has 0 aromatic heterocycles. The Morgan fingerprint density at radius 2 is 1.55 bits per heavy atom. The summed E-state index contributed by atoms with van der Waals surface area (Å²) in [6.45, 7) is 7.26. The van der Waals surface area contributed by atoms with Crippen LogP contribution in [0.1, 0.15) is 30.4 Å². The van der Waals surface area contributed by atoms with E-state index in [1.54, 1.807) is 7.11 Å². The van der Waals surface area contributed by atoms with E-state index in [9.17, 15) is 9.59 Å². The number of benzene rings is 1. The number of carbonyl (C=O) groups is 2. The van der Waals surface area contributed by atoms with Crippen molar-refractivity contribution in [3.63, 3.8) is 0 Å². The van der Waals surface area contributed by atoms with Gasteiger partial charge in [-0.05, 0) is 43.5 Å². The summed E-state index contributed by atoms with van der Waals surface area (Å²) in [6, 6.07) is 8.01. The Bertz CT molecular complexity index is 676. The molecule has 29 heavy (non-hydrogen) atoms. The van der Waals surface area contributed by atoms with Crippen molar-refractivity contribution in [2.75, 3.05) is 59.5 Å². The molecule has 0 unspecified atom stereocenters. The van der Waals surface area contributed by atoms with Gasteiger partial charge in [-0.15, -0.1) is 0 Å². The monoisotopic (exact) mass is 402 g/mol. The molecule has 160 valence electrons. The molecular formula is C22H34N4O3. The minimum absolute atomic E-state index is 0.0406. The van der Waals surface area contributed by atoms with Gasteiger partial charge in [-0.3, -0.25) is 19.4 Å². The highest BCUT2D eigenvalue weighted by molar-refractivity contribution is 5.78. The van der Waals surface area contributed by atoms with Crippen LogP contribution in [-0.2, 0) is 27.5 Å². The van der Waals surface area contributed by atoms with E-state index in [1.807, 2.05) is 29.2 Å². The van der Waals surface area contributed by atoms with Crippen molar-refractivity contribution >= 4 is 11.8 Å². The van der Waals surface area contributed by atoms with Crippen LogP contribution in [0.2, 0.25) is 0 Å². The summed E-state index contributed by atoms with van der Waals surface area (Å²) in [5.74, 6) is 0.294. The SMILES string of the molecule is COCc1ccccc1CNC(=O)CN1CCCN(CC(=O)N2CCCC2)CC1. The van der Waals surface area contributed by atoms with Gasteiger partial charge < -0.3 is 15.0 Å². The number of likely N-dealkylation sites (tertiary alicyclic amines) is 1. The Morgan fingerprint density at radius 1 is 0.897 bits per heavy atom. The quantitative estimate of drug-likeness (QED) is 0.705. The zero-order chi connectivity index (χ0) is 20.5. The van der Waals surface area contributed by atoms with Crippen molar-refractivity contribution in [1.29, 1.82) is 0 Å². The Labute approximate surface area is 174 Å². The molecule has 0 radical (unpaired) electrons. The van der Waals surface area contributed by atoms with Crippen LogP contribution in [0.4, 0.5) is 0 Å². The maximum atomic E-state index is 12.4. The van der Waals surface area contributed by atoms with Crippen molar-refractivity contribution < 1.29 is 14.3 Å². The largest absolute Gasteiger partial charge is 0.380 e. The number of hydrogen-bond acceptors (Lipinski definition) is 5. The van der Waals surface area contributed by atoms with Crippen molar-refractivity contribution in [1.82, 2.24) is 20.0 Å². The van der Waals surface area contributed by atoms with Crippen LogP contribution in [0.15, 0.2) is 24.3 Å². The van der Waals surface area contributed by atoms with Crippen molar-refractivity contribution in [2.24, 2.45) is 0 Å². The third kappa shape index (κ3) is 6.80. The van der Waals surface area contributed by atoms with Crippen LogP contribution in [0.5, 0.6) is 0 Å². The summed E-state index contributed by atoms with van der Waals surface area (Å²) in [4.78, 5) is 31.2. The lowest BCUT2D eigenvalue weighted by atomic mass is 10.1. The van der Waals surface area contributed by atoms with Crippen LogP contribution >= 0.6 is 0 Å². The Balaban J connectivity index is 1.40. The van der Waals surface area contributed by atoms with Gasteiger partial charge in [-0.2, -0.15) is 0 Å². The Hall–Kier alpha value is -1.96. The fourth-order valence-corrected chi connectivity index (χ4v) is 4.08. The van der Waals surface area contributed by atoms with Crippen LogP contribution in [0.3, 0.4) is 0 Å². The Morgan fingerprint density at radius 3 is 2.24 bits per heavy atom. The van der Waals surface area contributed by atoms with Gasteiger partial charge in [0, 0.05) is 39.8 Å². The van der Waals surface area contributed by atoms with E-state index < -0.39 is 0 Å². The number of methoxy groups -OCH3 is 1. The molecule has 2 saturated heterocycles. The number of hydrogen-bond donors (Lipinski definition) is 1. The molecule has 1 aromatic rings. The van der Waals surface area contributed by atoms with Gasteiger partial charge in [0.05, 0.1) is 19.7 Å². The average molecular weight is 403 g/mol. The minimum Gasteiger partial charge on any atom is -0.380 e. The van der Waals surface area contributed by atoms with E-state index in [-0.39, 0.29) is 11.8 Å². The summed E-state index contributed by atoms with van der Waals surface area (Å²) in [5.41, 5.74) is 2.19. The second kappa shape index (κ2) is 11.3. The molecule has 0 bridgehead atoms. The lowest BCUT2D eigenvalue weighted by molar-refractivity contribution is -0.131. The molecule has 1 aromatic carbocycles. The van der Waals surface area contributed by atoms with Gasteiger partial charge in [0.25, 0.3) is 0 Å². The van der Waals surface area contributed by atoms with Crippen molar-refractivity contribution in [3.05, 3.63) is 35.4 Å². The maximum Gasteiger partial charge on any atom is 0.236 e. The fraction of sp³-hybridized carbons (Fsp3) is 0.636. The minimum atomic E-state index is 0.0406. The van der Waals surface area contributed by atoms with Crippen LogP contribution in [-0.4, -0.2) is 86.0 Å². The van der Waals surface area contributed by atoms with Crippen molar-refractivity contribution in [3.8, 4) is 0 Å². The number of carbonyl (C=O) groups excluding carboxylic acids is 2. The van der Waals surface area contributed by atoms with Crippen molar-refractivity contribution in [2.45, 2.75) is 32.4 Å². The third-order valence-corrected chi connectivity index (χ3v) is 5.76. The molecule has 0 atom stereocenters. The molecular weight excluding hydrogens is 368 g/mol. The zero-order valence-corrected chi connectivity index (χ0v) is 17.6. The summed E-state index contributed by atoms with van der Waals surface area (Å²) in [5, 5.41) is 3.04. The number of nitrogens with one attached hydrogen (secondary N) is 1. The smallest absolute Gasteiger partial charge is 0.236 e. The molecule has 0 saturated carbocycles. The first-order valence-electron chi connectivity index (χ1n) is 10.7. The van der Waals surface area contributed by atoms with E-state index in [4.69, 9.17) is 4.74 Å². The highest BCUT2D eigenvalue weighted by Crippen LogP contribution is 2.11. The predicted molar refractivity (Wildman–Crippen MR) is 112 cm³/mol. The summed E-state index contributed by atoms with van der Waals surface area (Å²) >= 11 is 0. The summed E-state index contributed by atoms with van der Waals surface area (Å²) in [6.07, 6.45) is 3.24. The zero-order valence-electron chi connectivity index (χ0n) is 17.6. The van der Waals surface area contributed by atoms with E-state index >= 15 is 0 Å². The first-order chi connectivity index (χ1) is 14.2. The maximum absolute atomic E-state index is 12.4. The molecule has 2 heterocycles. The topological polar surface area (TPSA) is 65.1 Å². The molecule has 0 spiro atoms. The average Bonchev–Trinajstić information content (AvgIpc) is 3.18. The van der Waals surface area contributed by atoms with Gasteiger partial charge >= 0.3 is 0 Å². The van der Waals surface area contributed by atoms with E-state index in [0.29, 0.717) is 26.2 Å². The number of ether oxygens (including phenoxy) is 1. The molecule has 7 nitrogen and oxygen atoms in total. The molecule has 2 aliphatic rings. The van der Waals surface area contributed by atoms with Crippen LogP contribution in [0, 0.1) is 0 Å². The first-order valence-corrected chi connectivity index (χ1v) is 10.7. The summed E-state index contributed by atoms with van der Waals surface area (Å²) < 4.78 is 5.23. The lowest BCUT2D eigenvalue weighted by Crippen LogP contribution is -2.41. The third-order valence-electron chi connectivity index (χ3n) is 5.76. The number of nitrogens with zero attached hydrogens (tertiary/aromatic N) is 3.